The number of ketones is 1. The van der Waals surface area contributed by atoms with Crippen LogP contribution in [0, 0.1) is 11.8 Å². The van der Waals surface area contributed by atoms with Gasteiger partial charge in [-0.05, 0) is 60.6 Å². The molecule has 2 rings (SSSR count). The van der Waals surface area contributed by atoms with Crippen LogP contribution in [0.2, 0.25) is 36.3 Å². The van der Waals surface area contributed by atoms with Crippen LogP contribution in [0.3, 0.4) is 0 Å². The molecule has 0 saturated heterocycles. The first kappa shape index (κ1) is 27.7. The van der Waals surface area contributed by atoms with Crippen LogP contribution >= 0.6 is 0 Å². The molecule has 0 aliphatic heterocycles. The molecular formula is C27H50O3Si2. The summed E-state index contributed by atoms with van der Waals surface area (Å²) in [6, 6.07) is 0. The first-order valence-electron chi connectivity index (χ1n) is 12.7. The summed E-state index contributed by atoms with van der Waals surface area (Å²) in [4.78, 5) is 12.6. The van der Waals surface area contributed by atoms with Crippen LogP contribution in [-0.2, 0) is 13.6 Å². The molecule has 0 aromatic carbocycles. The van der Waals surface area contributed by atoms with E-state index < -0.39 is 16.6 Å². The molecule has 32 heavy (non-hydrogen) atoms. The number of Topliss-reactive ketones (excluding diaryl/α,β-unsaturated/α-hetero) is 1. The van der Waals surface area contributed by atoms with Gasteiger partial charge >= 0.3 is 0 Å². The predicted molar refractivity (Wildman–Crippen MR) is 142 cm³/mol. The highest BCUT2D eigenvalue weighted by molar-refractivity contribution is 6.74. The monoisotopic (exact) mass is 478 g/mol. The summed E-state index contributed by atoms with van der Waals surface area (Å²) in [5.74, 6) is 0.688. The van der Waals surface area contributed by atoms with Gasteiger partial charge in [-0.15, -0.1) is 0 Å². The van der Waals surface area contributed by atoms with E-state index in [9.17, 15) is 4.79 Å². The third-order valence-corrected chi connectivity index (χ3v) is 17.6. The molecule has 0 heterocycles. The summed E-state index contributed by atoms with van der Waals surface area (Å²) in [5.41, 5.74) is 0.708. The van der Waals surface area contributed by atoms with Crippen molar-refractivity contribution in [3.05, 3.63) is 24.3 Å². The summed E-state index contributed by atoms with van der Waals surface area (Å²) in [7, 11) is -3.88. The van der Waals surface area contributed by atoms with E-state index in [1.807, 2.05) is 0 Å². The van der Waals surface area contributed by atoms with Crippen LogP contribution in [0.4, 0.5) is 0 Å². The Labute approximate surface area is 200 Å². The maximum absolute atomic E-state index is 12.6. The number of rotatable bonds is 7. The Morgan fingerprint density at radius 3 is 1.97 bits per heavy atom. The van der Waals surface area contributed by atoms with Crippen LogP contribution in [0.25, 0.3) is 0 Å². The maximum atomic E-state index is 12.6. The standard InChI is InChI=1S/C27H50O3Si2/c1-20-22(25(19-23(20)28)30-32(10,11)27(5,6)7)17-18-24(21-15-13-12-14-16-21)29-31(8,9)26(2,3)4/h17-18,21-22,24-25H,1,12-16,19H2,2-11H3/b18-17+/t22-,24-,25-/m1/s1. The average Bonchev–Trinajstić information content (AvgIpc) is 2.90. The lowest BCUT2D eigenvalue weighted by molar-refractivity contribution is -0.115. The van der Waals surface area contributed by atoms with Crippen LogP contribution in [0.15, 0.2) is 24.3 Å². The molecule has 0 amide bonds. The lowest BCUT2D eigenvalue weighted by Gasteiger charge is -2.41. The van der Waals surface area contributed by atoms with Gasteiger partial charge < -0.3 is 8.85 Å². The zero-order chi connectivity index (χ0) is 24.5. The van der Waals surface area contributed by atoms with E-state index >= 15 is 0 Å². The molecule has 0 aromatic heterocycles. The second-order valence-corrected chi connectivity index (χ2v) is 22.7. The molecule has 0 aromatic rings. The van der Waals surface area contributed by atoms with E-state index in [2.05, 4.69) is 86.5 Å². The van der Waals surface area contributed by atoms with Crippen LogP contribution < -0.4 is 0 Å². The molecular weight excluding hydrogens is 428 g/mol. The van der Waals surface area contributed by atoms with Crippen molar-refractivity contribution in [1.29, 1.82) is 0 Å². The molecule has 5 heteroatoms. The smallest absolute Gasteiger partial charge is 0.192 e. The Morgan fingerprint density at radius 2 is 1.47 bits per heavy atom. The Hall–Kier alpha value is -0.496. The third kappa shape index (κ3) is 6.55. The predicted octanol–water partition coefficient (Wildman–Crippen LogP) is 8.05. The molecule has 2 aliphatic rings. The molecule has 2 aliphatic carbocycles. The maximum Gasteiger partial charge on any atom is 0.192 e. The molecule has 0 unspecified atom stereocenters. The lowest BCUT2D eigenvalue weighted by atomic mass is 9.84. The van der Waals surface area contributed by atoms with Crippen LogP contribution in [-0.4, -0.2) is 34.6 Å². The lowest BCUT2D eigenvalue weighted by Crippen LogP contribution is -2.46. The highest BCUT2D eigenvalue weighted by Crippen LogP contribution is 2.43. The minimum Gasteiger partial charge on any atom is -0.413 e. The fourth-order valence-corrected chi connectivity index (χ4v) is 6.91. The summed E-state index contributed by atoms with van der Waals surface area (Å²) in [6.45, 7) is 27.1. The van der Waals surface area contributed by atoms with E-state index in [4.69, 9.17) is 8.85 Å². The van der Waals surface area contributed by atoms with Gasteiger partial charge in [0.1, 0.15) is 0 Å². The number of hydrogen-bond donors (Lipinski definition) is 0. The minimum absolute atomic E-state index is 0.0364. The largest absolute Gasteiger partial charge is 0.413 e. The fourth-order valence-electron chi connectivity index (χ4n) is 4.26. The highest BCUT2D eigenvalue weighted by atomic mass is 28.4. The van der Waals surface area contributed by atoms with Crippen LogP contribution in [0.1, 0.15) is 80.1 Å². The van der Waals surface area contributed by atoms with Crippen molar-refractivity contribution in [2.24, 2.45) is 11.8 Å². The van der Waals surface area contributed by atoms with Crippen molar-refractivity contribution in [1.82, 2.24) is 0 Å². The van der Waals surface area contributed by atoms with Gasteiger partial charge in [-0.2, -0.15) is 0 Å². The topological polar surface area (TPSA) is 35.5 Å². The van der Waals surface area contributed by atoms with Crippen molar-refractivity contribution in [2.45, 2.75) is 129 Å². The van der Waals surface area contributed by atoms with Gasteiger partial charge in [0, 0.05) is 12.3 Å². The molecule has 0 radical (unpaired) electrons. The molecule has 2 saturated carbocycles. The van der Waals surface area contributed by atoms with Gasteiger partial charge in [-0.25, -0.2) is 0 Å². The Kier molecular flexibility index (Phi) is 8.68. The Balaban J connectivity index is 2.29. The van der Waals surface area contributed by atoms with E-state index in [1.54, 1.807) is 0 Å². The zero-order valence-electron chi connectivity index (χ0n) is 22.6. The first-order chi connectivity index (χ1) is 14.5. The van der Waals surface area contributed by atoms with Crippen LogP contribution in [0.5, 0.6) is 0 Å². The fraction of sp³-hybridized carbons (Fsp3) is 0.815. The number of hydrogen-bond acceptors (Lipinski definition) is 3. The van der Waals surface area contributed by atoms with Gasteiger partial charge in [0.05, 0.1) is 12.2 Å². The van der Waals surface area contributed by atoms with Crippen molar-refractivity contribution < 1.29 is 13.6 Å². The number of carbonyl (C=O) groups excluding carboxylic acids is 1. The average molecular weight is 479 g/mol. The quantitative estimate of drug-likeness (QED) is 0.211. The minimum atomic E-state index is -1.97. The van der Waals surface area contributed by atoms with E-state index in [1.165, 1.54) is 32.1 Å². The SMILES string of the molecule is C=C1C(=O)C[C@@H](O[Si](C)(C)C(C)(C)C)[C@@H]1/C=C/[C@@H](O[Si](C)(C)C(C)(C)C)C1CCCCC1. The van der Waals surface area contributed by atoms with Crippen molar-refractivity contribution >= 4 is 22.4 Å². The summed E-state index contributed by atoms with van der Waals surface area (Å²) < 4.78 is 13.7. The van der Waals surface area contributed by atoms with E-state index in [-0.39, 0.29) is 34.0 Å². The molecule has 0 bridgehead atoms. The highest BCUT2D eigenvalue weighted by Gasteiger charge is 2.45. The van der Waals surface area contributed by atoms with Crippen molar-refractivity contribution in [3.63, 3.8) is 0 Å². The Bertz CT molecular complexity index is 703. The second kappa shape index (κ2) is 10.0. The summed E-state index contributed by atoms with van der Waals surface area (Å²) in [5, 5.41) is 0.291. The second-order valence-electron chi connectivity index (χ2n) is 13.2. The van der Waals surface area contributed by atoms with E-state index in [0.29, 0.717) is 17.9 Å². The molecule has 0 N–H and O–H groups in total. The van der Waals surface area contributed by atoms with Gasteiger partial charge in [-0.1, -0.05) is 79.5 Å². The van der Waals surface area contributed by atoms with Gasteiger partial charge in [-0.3, -0.25) is 4.79 Å². The summed E-state index contributed by atoms with van der Waals surface area (Å²) in [6.07, 6.45) is 11.4. The molecule has 3 nitrogen and oxygen atoms in total. The molecule has 2 fully saturated rings. The molecule has 184 valence electrons. The van der Waals surface area contributed by atoms with Gasteiger partial charge in [0.25, 0.3) is 0 Å². The van der Waals surface area contributed by atoms with Crippen molar-refractivity contribution in [3.8, 4) is 0 Å². The number of carbonyl (C=O) groups is 1. The third-order valence-electron chi connectivity index (χ3n) is 8.66. The summed E-state index contributed by atoms with van der Waals surface area (Å²) >= 11 is 0. The Morgan fingerprint density at radius 1 is 0.938 bits per heavy atom. The molecule has 3 atom stereocenters. The first-order valence-corrected chi connectivity index (χ1v) is 18.5. The van der Waals surface area contributed by atoms with Gasteiger partial charge in [0.2, 0.25) is 0 Å². The van der Waals surface area contributed by atoms with E-state index in [0.717, 1.165) is 0 Å². The van der Waals surface area contributed by atoms with Gasteiger partial charge in [0.15, 0.2) is 22.4 Å². The zero-order valence-corrected chi connectivity index (χ0v) is 24.6. The van der Waals surface area contributed by atoms with Crippen molar-refractivity contribution in [2.75, 3.05) is 0 Å². The molecule has 0 spiro atoms. The normalized spacial score (nSPS) is 25.7.